The molecule has 1 atom stereocenters. The number of furan rings is 1. The molecule has 2 aromatic carbocycles. The van der Waals surface area contributed by atoms with Crippen molar-refractivity contribution in [1.82, 2.24) is 14.5 Å². The van der Waals surface area contributed by atoms with Crippen molar-refractivity contribution in [3.8, 4) is 16.8 Å². The van der Waals surface area contributed by atoms with Crippen LogP contribution in [0.15, 0.2) is 70.1 Å². The summed E-state index contributed by atoms with van der Waals surface area (Å²) in [5.74, 6) is 1.65. The van der Waals surface area contributed by atoms with Crippen molar-refractivity contribution in [3.63, 3.8) is 0 Å². The van der Waals surface area contributed by atoms with Crippen LogP contribution in [-0.4, -0.2) is 33.4 Å². The normalized spacial score (nSPS) is 18.0. The number of amides is 1. The minimum Gasteiger partial charge on any atom is -0.464 e. The van der Waals surface area contributed by atoms with Crippen LogP contribution in [0.3, 0.4) is 0 Å². The Kier molecular flexibility index (Phi) is 5.09. The van der Waals surface area contributed by atoms with E-state index in [1.807, 2.05) is 24.0 Å². The average molecular weight is 454 g/mol. The highest BCUT2D eigenvalue weighted by atomic mass is 16.3. The smallest absolute Gasteiger partial charge is 0.273 e. The zero-order valence-corrected chi connectivity index (χ0v) is 19.2. The van der Waals surface area contributed by atoms with E-state index in [-0.39, 0.29) is 11.5 Å². The van der Waals surface area contributed by atoms with Gasteiger partial charge in [0.05, 0.1) is 6.26 Å². The number of aryl methyl sites for hydroxylation is 1. The molecule has 1 aliphatic carbocycles. The third-order valence-electron chi connectivity index (χ3n) is 7.09. The van der Waals surface area contributed by atoms with Crippen LogP contribution in [0.4, 0.5) is 0 Å². The Morgan fingerprint density at radius 3 is 2.62 bits per heavy atom. The fraction of sp³-hybridized carbons (Fsp3) is 0.321. The van der Waals surface area contributed by atoms with Gasteiger partial charge in [0.25, 0.3) is 5.56 Å². The fourth-order valence-electron chi connectivity index (χ4n) is 5.14. The molecule has 4 aromatic rings. The second-order valence-electron chi connectivity index (χ2n) is 9.62. The van der Waals surface area contributed by atoms with Gasteiger partial charge in [0.1, 0.15) is 11.4 Å². The van der Waals surface area contributed by atoms with Gasteiger partial charge in [0.15, 0.2) is 0 Å². The summed E-state index contributed by atoms with van der Waals surface area (Å²) in [5, 5.41) is 1.08. The first-order chi connectivity index (χ1) is 16.5. The Morgan fingerprint density at radius 1 is 1.03 bits per heavy atom. The minimum atomic E-state index is -0.210. The van der Waals surface area contributed by atoms with Crippen molar-refractivity contribution < 1.29 is 9.21 Å². The number of aromatic nitrogens is 2. The summed E-state index contributed by atoms with van der Waals surface area (Å²) in [5.41, 5.74) is 4.76. The second kappa shape index (κ2) is 8.28. The van der Waals surface area contributed by atoms with Gasteiger partial charge in [0.2, 0.25) is 5.91 Å². The Hall–Kier alpha value is -3.67. The summed E-state index contributed by atoms with van der Waals surface area (Å²) in [6.07, 6.45) is 5.41. The van der Waals surface area contributed by atoms with E-state index in [9.17, 15) is 9.59 Å². The zero-order valence-electron chi connectivity index (χ0n) is 19.2. The van der Waals surface area contributed by atoms with Gasteiger partial charge in [-0.3, -0.25) is 9.59 Å². The molecule has 2 fully saturated rings. The number of nitrogens with zero attached hydrogens (tertiary/aromatic N) is 3. The molecular weight excluding hydrogens is 426 g/mol. The lowest BCUT2D eigenvalue weighted by molar-refractivity contribution is -0.131. The Morgan fingerprint density at radius 2 is 1.82 bits per heavy atom. The van der Waals surface area contributed by atoms with Crippen LogP contribution in [0.1, 0.15) is 30.8 Å². The number of likely N-dealkylation sites (tertiary alicyclic amines) is 1. The first kappa shape index (κ1) is 20.9. The van der Waals surface area contributed by atoms with Crippen LogP contribution >= 0.6 is 0 Å². The molecule has 6 heteroatoms. The maximum atomic E-state index is 12.5. The lowest BCUT2D eigenvalue weighted by atomic mass is 10.0. The van der Waals surface area contributed by atoms with Crippen molar-refractivity contribution in [1.29, 1.82) is 0 Å². The lowest BCUT2D eigenvalue weighted by Crippen LogP contribution is -2.30. The van der Waals surface area contributed by atoms with E-state index in [1.54, 1.807) is 12.3 Å². The molecule has 6 nitrogen and oxygen atoms in total. The molecule has 0 spiro atoms. The van der Waals surface area contributed by atoms with Gasteiger partial charge in [-0.15, -0.1) is 0 Å². The van der Waals surface area contributed by atoms with Crippen molar-refractivity contribution in [2.75, 3.05) is 13.1 Å². The molecule has 0 radical (unpaired) electrons. The second-order valence-corrected chi connectivity index (χ2v) is 9.62. The van der Waals surface area contributed by atoms with Crippen molar-refractivity contribution >= 4 is 16.9 Å². The number of rotatable bonds is 5. The topological polar surface area (TPSA) is 68.3 Å². The van der Waals surface area contributed by atoms with E-state index in [0.717, 1.165) is 71.7 Å². The molecule has 0 bridgehead atoms. The molecule has 2 aromatic heterocycles. The van der Waals surface area contributed by atoms with Gasteiger partial charge in [0, 0.05) is 48.3 Å². The average Bonchev–Trinajstić information content (AvgIpc) is 3.39. The van der Waals surface area contributed by atoms with Gasteiger partial charge in [-0.25, -0.2) is 0 Å². The number of hydrogen-bond acceptors (Lipinski definition) is 4. The van der Waals surface area contributed by atoms with Gasteiger partial charge < -0.3 is 13.9 Å². The van der Waals surface area contributed by atoms with Crippen molar-refractivity contribution in [2.45, 2.75) is 32.6 Å². The van der Waals surface area contributed by atoms with E-state index in [4.69, 9.17) is 4.42 Å². The predicted octanol–water partition coefficient (Wildman–Crippen LogP) is 4.76. The van der Waals surface area contributed by atoms with Crippen LogP contribution in [0, 0.1) is 18.8 Å². The standard InChI is InChI=1S/C28H27N3O3/c1-18-14-27(32)29-26(15-19-10-12-30(17-19)28(33)21-2-3-21)31(18)24-7-4-20(5-8-24)22-6-9-25-23(16-22)11-13-34-25/h4-9,11,13-14,16,19,21H,2-3,10,12,15,17H2,1H3/t19-/m0/s1. The SMILES string of the molecule is Cc1cc(=O)nc(C[C@@H]2CCN(C(=O)C3CC3)C2)n1-c1ccc(-c2ccc3occc3c2)cc1. The summed E-state index contributed by atoms with van der Waals surface area (Å²) in [7, 11) is 0. The largest absolute Gasteiger partial charge is 0.464 e. The molecule has 1 amide bonds. The Bertz CT molecular complexity index is 1430. The van der Waals surface area contributed by atoms with E-state index < -0.39 is 0 Å². The number of carbonyl (C=O) groups excluding carboxylic acids is 1. The highest BCUT2D eigenvalue weighted by Crippen LogP contribution is 2.33. The Labute approximate surface area is 197 Å². The molecule has 34 heavy (non-hydrogen) atoms. The summed E-state index contributed by atoms with van der Waals surface area (Å²) in [6.45, 7) is 3.52. The minimum absolute atomic E-state index is 0.210. The maximum absolute atomic E-state index is 12.5. The van der Waals surface area contributed by atoms with Gasteiger partial charge in [-0.1, -0.05) is 18.2 Å². The molecule has 0 N–H and O–H groups in total. The summed E-state index contributed by atoms with van der Waals surface area (Å²) in [4.78, 5) is 31.1. The zero-order chi connectivity index (χ0) is 23.2. The van der Waals surface area contributed by atoms with Gasteiger partial charge >= 0.3 is 0 Å². The predicted molar refractivity (Wildman–Crippen MR) is 131 cm³/mol. The number of hydrogen-bond donors (Lipinski definition) is 0. The summed E-state index contributed by atoms with van der Waals surface area (Å²) < 4.78 is 7.53. The highest BCUT2D eigenvalue weighted by molar-refractivity contribution is 5.83. The molecule has 1 saturated heterocycles. The fourth-order valence-corrected chi connectivity index (χ4v) is 5.14. The Balaban J connectivity index is 1.27. The van der Waals surface area contributed by atoms with E-state index >= 15 is 0 Å². The molecule has 0 unspecified atom stereocenters. The first-order valence-corrected chi connectivity index (χ1v) is 12.0. The molecule has 6 rings (SSSR count). The van der Waals surface area contributed by atoms with E-state index in [1.165, 1.54) is 0 Å². The summed E-state index contributed by atoms with van der Waals surface area (Å²) >= 11 is 0. The summed E-state index contributed by atoms with van der Waals surface area (Å²) in [6, 6.07) is 18.1. The highest BCUT2D eigenvalue weighted by Gasteiger charge is 2.36. The van der Waals surface area contributed by atoms with Crippen LogP contribution in [0.5, 0.6) is 0 Å². The molecule has 172 valence electrons. The van der Waals surface area contributed by atoms with E-state index in [2.05, 4.69) is 45.9 Å². The number of benzene rings is 2. The van der Waals surface area contributed by atoms with Crippen LogP contribution in [0.25, 0.3) is 27.8 Å². The maximum Gasteiger partial charge on any atom is 0.273 e. The number of carbonyl (C=O) groups is 1. The quantitative estimate of drug-likeness (QED) is 0.437. The molecular formula is C28H27N3O3. The first-order valence-electron chi connectivity index (χ1n) is 12.0. The van der Waals surface area contributed by atoms with Crippen LogP contribution < -0.4 is 5.56 Å². The molecule has 3 heterocycles. The van der Waals surface area contributed by atoms with Gasteiger partial charge in [-0.2, -0.15) is 4.98 Å². The number of fused-ring (bicyclic) bond motifs is 1. The monoisotopic (exact) mass is 453 g/mol. The third kappa shape index (κ3) is 3.94. The molecule has 1 saturated carbocycles. The van der Waals surface area contributed by atoms with Crippen molar-refractivity contribution in [3.05, 3.63) is 82.7 Å². The van der Waals surface area contributed by atoms with Gasteiger partial charge in [-0.05, 0) is 73.6 Å². The van der Waals surface area contributed by atoms with Crippen LogP contribution in [-0.2, 0) is 11.2 Å². The third-order valence-corrected chi connectivity index (χ3v) is 7.09. The molecule has 2 aliphatic rings. The van der Waals surface area contributed by atoms with Crippen LogP contribution in [0.2, 0.25) is 0 Å². The van der Waals surface area contributed by atoms with Crippen molar-refractivity contribution in [2.24, 2.45) is 11.8 Å². The molecule has 1 aliphatic heterocycles. The lowest BCUT2D eigenvalue weighted by Gasteiger charge is -2.19. The van der Waals surface area contributed by atoms with E-state index in [0.29, 0.717) is 18.2 Å².